The molecule has 0 atom stereocenters. The zero-order chi connectivity index (χ0) is 22.3. The van der Waals surface area contributed by atoms with Gasteiger partial charge in [0.2, 0.25) is 0 Å². The fourth-order valence-corrected chi connectivity index (χ4v) is 3.49. The number of ether oxygens (including phenoxy) is 2. The third kappa shape index (κ3) is 12.2. The predicted molar refractivity (Wildman–Crippen MR) is 109 cm³/mol. The van der Waals surface area contributed by atoms with Gasteiger partial charge in [0.1, 0.15) is 12.0 Å². The molecule has 0 saturated heterocycles. The average Bonchev–Trinajstić information content (AvgIpc) is 2.63. The Labute approximate surface area is 171 Å². The number of halogens is 1. The van der Waals surface area contributed by atoms with E-state index in [4.69, 9.17) is 13.8 Å². The van der Waals surface area contributed by atoms with Gasteiger partial charge >= 0.3 is 19.5 Å². The molecular formula is C20H30FO7P. The quantitative estimate of drug-likeness (QED) is 0.303. The van der Waals surface area contributed by atoms with E-state index in [1.807, 2.05) is 0 Å². The molecular weight excluding hydrogens is 402 g/mol. The molecule has 9 heteroatoms. The maximum absolute atomic E-state index is 12.6. The van der Waals surface area contributed by atoms with E-state index in [1.54, 1.807) is 46.8 Å². The van der Waals surface area contributed by atoms with Crippen molar-refractivity contribution in [3.63, 3.8) is 0 Å². The van der Waals surface area contributed by atoms with Crippen LogP contribution in [-0.4, -0.2) is 44.5 Å². The molecule has 0 aliphatic rings. The molecule has 1 aromatic carbocycles. The number of hydrogen-bond donors (Lipinski definition) is 0. The molecule has 0 unspecified atom stereocenters. The van der Waals surface area contributed by atoms with Crippen LogP contribution in [0.3, 0.4) is 0 Å². The summed E-state index contributed by atoms with van der Waals surface area (Å²) in [6.45, 7) is 9.71. The average molecular weight is 432 g/mol. The molecule has 0 aliphatic carbocycles. The molecule has 0 amide bonds. The second-order valence-corrected chi connectivity index (χ2v) is 7.55. The third-order valence-corrected chi connectivity index (χ3v) is 5.15. The molecule has 0 fully saturated rings. The molecule has 0 aliphatic heterocycles. The van der Waals surface area contributed by atoms with Gasteiger partial charge in [0, 0.05) is 6.08 Å². The molecule has 164 valence electrons. The van der Waals surface area contributed by atoms with E-state index in [1.165, 1.54) is 18.2 Å². The minimum absolute atomic E-state index is 0.247. The molecule has 0 radical (unpaired) electrons. The van der Waals surface area contributed by atoms with Crippen molar-refractivity contribution in [1.29, 1.82) is 0 Å². The summed E-state index contributed by atoms with van der Waals surface area (Å²) in [5.74, 6) is -1.22. The Morgan fingerprint density at radius 3 is 1.90 bits per heavy atom. The van der Waals surface area contributed by atoms with Crippen LogP contribution in [-0.2, 0) is 32.7 Å². The fourth-order valence-electron chi connectivity index (χ4n) is 2.04. The summed E-state index contributed by atoms with van der Waals surface area (Å²) in [7, 11) is -3.28. The van der Waals surface area contributed by atoms with Crippen molar-refractivity contribution < 1.29 is 37.1 Å². The van der Waals surface area contributed by atoms with Crippen LogP contribution in [0.4, 0.5) is 4.39 Å². The number of carbonyl (C=O) groups excluding carboxylic acids is 2. The van der Waals surface area contributed by atoms with Crippen LogP contribution in [0.15, 0.2) is 30.3 Å². The Bertz CT molecular complexity index is 691. The summed E-state index contributed by atoms with van der Waals surface area (Å²) >= 11 is 0. The molecule has 7 nitrogen and oxygen atoms in total. The normalized spacial score (nSPS) is 11.3. The molecule has 0 N–H and O–H groups in total. The first-order chi connectivity index (χ1) is 13.7. The van der Waals surface area contributed by atoms with Crippen molar-refractivity contribution in [3.8, 4) is 0 Å². The molecule has 0 bridgehead atoms. The Morgan fingerprint density at radius 1 is 0.931 bits per heavy atom. The topological polar surface area (TPSA) is 88.1 Å². The number of esters is 2. The lowest BCUT2D eigenvalue weighted by molar-refractivity contribution is -0.140. The van der Waals surface area contributed by atoms with Gasteiger partial charge in [-0.15, -0.1) is 0 Å². The predicted octanol–water partition coefficient (Wildman–Crippen LogP) is 4.61. The maximum Gasteiger partial charge on any atom is 0.341 e. The minimum atomic E-state index is -3.28. The van der Waals surface area contributed by atoms with Crippen LogP contribution in [0.1, 0.15) is 40.2 Å². The lowest BCUT2D eigenvalue weighted by Crippen LogP contribution is -2.12. The summed E-state index contributed by atoms with van der Waals surface area (Å²) in [5.41, 5.74) is 1.57. The Kier molecular flexibility index (Phi) is 13.9. The number of carbonyl (C=O) groups is 2. The first kappa shape index (κ1) is 27.0. The van der Waals surface area contributed by atoms with Crippen LogP contribution in [0, 0.1) is 5.82 Å². The molecule has 0 saturated carbocycles. The summed E-state index contributed by atoms with van der Waals surface area (Å²) in [6.07, 6.45) is 1.08. The SMILES string of the molecule is CCOC(=O)C=C(C)c1ccc(F)cc1.CCOC(=O)CP(=O)(OCC)OCC. The van der Waals surface area contributed by atoms with Gasteiger partial charge in [-0.3, -0.25) is 9.36 Å². The second-order valence-electron chi connectivity index (χ2n) is 5.50. The van der Waals surface area contributed by atoms with E-state index < -0.39 is 13.6 Å². The van der Waals surface area contributed by atoms with Gasteiger partial charge < -0.3 is 18.5 Å². The lowest BCUT2D eigenvalue weighted by Gasteiger charge is -2.15. The van der Waals surface area contributed by atoms with Gasteiger partial charge in [0.25, 0.3) is 0 Å². The van der Waals surface area contributed by atoms with Gasteiger partial charge in [-0.2, -0.15) is 0 Å². The van der Waals surface area contributed by atoms with Gasteiger partial charge in [-0.25, -0.2) is 9.18 Å². The summed E-state index contributed by atoms with van der Waals surface area (Å²) < 4.78 is 43.6. The van der Waals surface area contributed by atoms with Crippen LogP contribution in [0.2, 0.25) is 0 Å². The first-order valence-electron chi connectivity index (χ1n) is 9.35. The van der Waals surface area contributed by atoms with Crippen LogP contribution < -0.4 is 0 Å². The van der Waals surface area contributed by atoms with E-state index in [2.05, 4.69) is 4.74 Å². The van der Waals surface area contributed by atoms with Crippen molar-refractivity contribution >= 4 is 25.1 Å². The Balaban J connectivity index is 0.000000543. The smallest absolute Gasteiger partial charge is 0.341 e. The summed E-state index contributed by atoms with van der Waals surface area (Å²) in [4.78, 5) is 22.2. The molecule has 1 aromatic rings. The van der Waals surface area contributed by atoms with Crippen LogP contribution >= 0.6 is 7.60 Å². The second kappa shape index (κ2) is 14.9. The van der Waals surface area contributed by atoms with E-state index in [-0.39, 0.29) is 37.8 Å². The van der Waals surface area contributed by atoms with Crippen molar-refractivity contribution in [1.82, 2.24) is 0 Å². The number of benzene rings is 1. The molecule has 29 heavy (non-hydrogen) atoms. The van der Waals surface area contributed by atoms with Gasteiger partial charge in [-0.05, 0) is 57.9 Å². The highest BCUT2D eigenvalue weighted by atomic mass is 31.2. The zero-order valence-corrected chi connectivity index (χ0v) is 18.5. The van der Waals surface area contributed by atoms with E-state index >= 15 is 0 Å². The number of rotatable bonds is 10. The standard InChI is InChI=1S/C12H13FO2.C8H17O5P/c1-3-15-12(14)8-9(2)10-4-6-11(13)7-5-10;1-4-11-8(9)7-14(10,12-5-2)13-6-3/h4-8H,3H2,1-2H3;4-7H2,1-3H3. The molecule has 0 spiro atoms. The molecule has 0 aromatic heterocycles. The van der Waals surface area contributed by atoms with Gasteiger partial charge in [0.05, 0.1) is 26.4 Å². The van der Waals surface area contributed by atoms with Crippen molar-refractivity contribution in [2.45, 2.75) is 34.6 Å². The van der Waals surface area contributed by atoms with E-state index in [0.29, 0.717) is 6.61 Å². The summed E-state index contributed by atoms with van der Waals surface area (Å²) in [6, 6.07) is 5.97. The minimum Gasteiger partial charge on any atom is -0.466 e. The van der Waals surface area contributed by atoms with Crippen LogP contribution in [0.25, 0.3) is 5.57 Å². The maximum atomic E-state index is 12.6. The van der Waals surface area contributed by atoms with Gasteiger partial charge in [0.15, 0.2) is 0 Å². The fraction of sp³-hybridized carbons (Fsp3) is 0.500. The highest BCUT2D eigenvalue weighted by Crippen LogP contribution is 2.47. The number of allylic oxidation sites excluding steroid dienone is 1. The Morgan fingerprint density at radius 2 is 1.45 bits per heavy atom. The largest absolute Gasteiger partial charge is 0.466 e. The summed E-state index contributed by atoms with van der Waals surface area (Å²) in [5, 5.41) is 0. The third-order valence-electron chi connectivity index (χ3n) is 3.20. The van der Waals surface area contributed by atoms with Crippen molar-refractivity contribution in [2.24, 2.45) is 0 Å². The zero-order valence-electron chi connectivity index (χ0n) is 17.6. The number of hydrogen-bond acceptors (Lipinski definition) is 7. The van der Waals surface area contributed by atoms with Crippen molar-refractivity contribution in [2.75, 3.05) is 32.6 Å². The van der Waals surface area contributed by atoms with Gasteiger partial charge in [-0.1, -0.05) is 12.1 Å². The van der Waals surface area contributed by atoms with E-state index in [0.717, 1.165) is 11.1 Å². The molecule has 1 rings (SSSR count). The highest BCUT2D eigenvalue weighted by molar-refractivity contribution is 7.54. The lowest BCUT2D eigenvalue weighted by atomic mass is 10.1. The van der Waals surface area contributed by atoms with E-state index in [9.17, 15) is 18.5 Å². The Hall–Kier alpha value is -2.02. The monoisotopic (exact) mass is 432 g/mol. The van der Waals surface area contributed by atoms with Crippen LogP contribution in [0.5, 0.6) is 0 Å². The first-order valence-corrected chi connectivity index (χ1v) is 11.1. The highest BCUT2D eigenvalue weighted by Gasteiger charge is 2.28. The van der Waals surface area contributed by atoms with Crippen molar-refractivity contribution in [3.05, 3.63) is 41.7 Å². The molecule has 0 heterocycles.